The lowest BCUT2D eigenvalue weighted by molar-refractivity contribution is 0.495. The van der Waals surface area contributed by atoms with Crippen molar-refractivity contribution in [3.05, 3.63) is 48.7 Å². The van der Waals surface area contributed by atoms with Crippen LogP contribution in [0.5, 0.6) is 0 Å². The van der Waals surface area contributed by atoms with Crippen molar-refractivity contribution in [1.29, 1.82) is 0 Å². The zero-order valence-electron chi connectivity index (χ0n) is 19.0. The van der Waals surface area contributed by atoms with Gasteiger partial charge in [0.1, 0.15) is 0 Å². The highest BCUT2D eigenvalue weighted by Gasteiger charge is 2.21. The van der Waals surface area contributed by atoms with Crippen molar-refractivity contribution in [3.8, 4) is 22.4 Å². The Bertz CT molecular complexity index is 1060. The van der Waals surface area contributed by atoms with Crippen molar-refractivity contribution in [3.63, 3.8) is 0 Å². The second-order valence-electron chi connectivity index (χ2n) is 8.18. The van der Waals surface area contributed by atoms with E-state index in [0.717, 1.165) is 71.3 Å². The Morgan fingerprint density at radius 2 is 1.69 bits per heavy atom. The number of anilines is 4. The van der Waals surface area contributed by atoms with Gasteiger partial charge in [0.05, 0.1) is 17.1 Å². The molecule has 6 N–H and O–H groups in total. The van der Waals surface area contributed by atoms with Crippen molar-refractivity contribution < 1.29 is 0 Å². The van der Waals surface area contributed by atoms with Crippen LogP contribution in [0.2, 0.25) is 0 Å². The van der Waals surface area contributed by atoms with Crippen LogP contribution in [-0.2, 0) is 0 Å². The number of benzene rings is 2. The van der Waals surface area contributed by atoms with Crippen LogP contribution in [0.25, 0.3) is 22.4 Å². The Balaban J connectivity index is 1.80. The van der Waals surface area contributed by atoms with Crippen LogP contribution in [0.4, 0.5) is 23.0 Å². The van der Waals surface area contributed by atoms with E-state index < -0.39 is 0 Å². The Morgan fingerprint density at radius 3 is 2.31 bits per heavy atom. The molecule has 1 aromatic heterocycles. The molecule has 2 aromatic carbocycles. The van der Waals surface area contributed by atoms with Gasteiger partial charge in [0, 0.05) is 63.3 Å². The fourth-order valence-corrected chi connectivity index (χ4v) is 4.06. The molecule has 1 fully saturated rings. The molecule has 4 rings (SSSR count). The molecule has 2 heterocycles. The number of hydrogen-bond donors (Lipinski definition) is 4. The third kappa shape index (κ3) is 4.46. The van der Waals surface area contributed by atoms with Crippen molar-refractivity contribution in [1.82, 2.24) is 9.97 Å². The highest BCUT2D eigenvalue weighted by atomic mass is 15.4. The molecule has 0 spiro atoms. The third-order valence-electron chi connectivity index (χ3n) is 6.00. The van der Waals surface area contributed by atoms with Crippen LogP contribution < -0.4 is 32.1 Å². The fourth-order valence-electron chi connectivity index (χ4n) is 4.06. The predicted molar refractivity (Wildman–Crippen MR) is 134 cm³/mol. The third-order valence-corrected chi connectivity index (χ3v) is 6.00. The van der Waals surface area contributed by atoms with Gasteiger partial charge in [0.15, 0.2) is 0 Å². The molecular weight excluding hydrogens is 400 g/mol. The fraction of sp³-hybridized carbons (Fsp3) is 0.333. The average molecular weight is 433 g/mol. The Kier molecular flexibility index (Phi) is 6.43. The maximum absolute atomic E-state index is 6.09. The van der Waals surface area contributed by atoms with E-state index in [-0.39, 0.29) is 6.04 Å². The van der Waals surface area contributed by atoms with Gasteiger partial charge in [-0.3, -0.25) is 0 Å². The van der Waals surface area contributed by atoms with Crippen LogP contribution in [0, 0.1) is 0 Å². The van der Waals surface area contributed by atoms with Gasteiger partial charge in [0.2, 0.25) is 5.95 Å². The zero-order chi connectivity index (χ0) is 22.7. The summed E-state index contributed by atoms with van der Waals surface area (Å²) >= 11 is 0. The molecule has 168 valence electrons. The number of piperidine rings is 1. The van der Waals surface area contributed by atoms with Gasteiger partial charge in [-0.15, -0.1) is 0 Å². The lowest BCUT2D eigenvalue weighted by atomic mass is 9.99. The summed E-state index contributed by atoms with van der Waals surface area (Å²) < 4.78 is 0. The normalized spacial score (nSPS) is 14.3. The molecule has 0 saturated carbocycles. The van der Waals surface area contributed by atoms with Crippen molar-refractivity contribution in [2.45, 2.75) is 18.9 Å². The van der Waals surface area contributed by atoms with Crippen LogP contribution in [-0.4, -0.2) is 50.2 Å². The molecular formula is C24H32N8. The van der Waals surface area contributed by atoms with Gasteiger partial charge >= 0.3 is 0 Å². The molecule has 32 heavy (non-hydrogen) atoms. The topological polar surface area (TPSA) is 108 Å². The molecule has 0 radical (unpaired) electrons. The minimum atomic E-state index is 0.262. The molecule has 1 aliphatic rings. The molecule has 8 heteroatoms. The molecule has 1 aliphatic heterocycles. The summed E-state index contributed by atoms with van der Waals surface area (Å²) in [6.45, 7) is 1.75. The predicted octanol–water partition coefficient (Wildman–Crippen LogP) is 3.13. The van der Waals surface area contributed by atoms with E-state index >= 15 is 0 Å². The SMILES string of the molecule is CNc1ccc(-c2nc(N3CCC(N)CC3)ncc2-c2ccc(N(C)N)c(NC)c2)cc1. The molecule has 0 amide bonds. The molecule has 8 nitrogen and oxygen atoms in total. The number of rotatable bonds is 6. The highest BCUT2D eigenvalue weighted by molar-refractivity contribution is 5.85. The van der Waals surface area contributed by atoms with E-state index in [9.17, 15) is 0 Å². The van der Waals surface area contributed by atoms with E-state index in [0.29, 0.717) is 0 Å². The second-order valence-corrected chi connectivity index (χ2v) is 8.18. The number of hydrogen-bond acceptors (Lipinski definition) is 8. The van der Waals surface area contributed by atoms with Gasteiger partial charge in [-0.2, -0.15) is 0 Å². The first-order valence-electron chi connectivity index (χ1n) is 11.0. The largest absolute Gasteiger partial charge is 0.388 e. The minimum Gasteiger partial charge on any atom is -0.388 e. The Hall–Kier alpha value is -3.36. The monoisotopic (exact) mass is 432 g/mol. The molecule has 1 saturated heterocycles. The van der Waals surface area contributed by atoms with Gasteiger partial charge in [-0.05, 0) is 42.7 Å². The molecule has 0 atom stereocenters. The number of aromatic nitrogens is 2. The lowest BCUT2D eigenvalue weighted by Crippen LogP contribution is -2.40. The van der Waals surface area contributed by atoms with Gasteiger partial charge in [0.25, 0.3) is 0 Å². The van der Waals surface area contributed by atoms with E-state index in [1.54, 1.807) is 5.01 Å². The summed E-state index contributed by atoms with van der Waals surface area (Å²) in [5.41, 5.74) is 13.0. The van der Waals surface area contributed by atoms with Crippen LogP contribution in [0.15, 0.2) is 48.7 Å². The number of nitrogens with two attached hydrogens (primary N) is 2. The average Bonchev–Trinajstić information content (AvgIpc) is 2.83. The summed E-state index contributed by atoms with van der Waals surface area (Å²) in [4.78, 5) is 12.0. The van der Waals surface area contributed by atoms with E-state index in [2.05, 4.69) is 51.9 Å². The van der Waals surface area contributed by atoms with Gasteiger partial charge in [-0.25, -0.2) is 15.8 Å². The first-order chi connectivity index (χ1) is 15.5. The van der Waals surface area contributed by atoms with Gasteiger partial charge < -0.3 is 26.3 Å². The van der Waals surface area contributed by atoms with Crippen molar-refractivity contribution >= 4 is 23.0 Å². The Labute approximate surface area is 189 Å². The van der Waals surface area contributed by atoms with E-state index in [1.807, 2.05) is 33.4 Å². The number of hydrazine groups is 1. The summed E-state index contributed by atoms with van der Waals surface area (Å²) in [6.07, 6.45) is 3.84. The number of nitrogens with zero attached hydrogens (tertiary/aromatic N) is 4. The van der Waals surface area contributed by atoms with Crippen LogP contribution in [0.1, 0.15) is 12.8 Å². The van der Waals surface area contributed by atoms with Crippen molar-refractivity contribution in [2.24, 2.45) is 11.6 Å². The molecule has 0 bridgehead atoms. The molecule has 3 aromatic rings. The highest BCUT2D eigenvalue weighted by Crippen LogP contribution is 2.36. The molecule has 0 unspecified atom stereocenters. The zero-order valence-corrected chi connectivity index (χ0v) is 19.0. The summed E-state index contributed by atoms with van der Waals surface area (Å²) in [7, 11) is 5.64. The first-order valence-corrected chi connectivity index (χ1v) is 11.0. The second kappa shape index (κ2) is 9.42. The quantitative estimate of drug-likeness (QED) is 0.348. The molecule has 0 aliphatic carbocycles. The minimum absolute atomic E-state index is 0.262. The summed E-state index contributed by atoms with van der Waals surface area (Å²) in [6, 6.07) is 14.7. The standard InChI is InChI=1S/C24H32N8/c1-27-19-7-4-16(5-8-19)23-20(17-6-9-22(31(3)26)21(14-17)28-2)15-29-24(30-23)32-12-10-18(25)11-13-32/h4-9,14-15,18,27-28H,10-13,25-26H2,1-3H3. The van der Waals surface area contributed by atoms with Crippen LogP contribution >= 0.6 is 0 Å². The van der Waals surface area contributed by atoms with E-state index in [1.165, 1.54) is 0 Å². The summed E-state index contributed by atoms with van der Waals surface area (Å²) in [5.74, 6) is 6.74. The van der Waals surface area contributed by atoms with E-state index in [4.69, 9.17) is 21.5 Å². The maximum Gasteiger partial charge on any atom is 0.225 e. The summed E-state index contributed by atoms with van der Waals surface area (Å²) in [5, 5.41) is 8.02. The number of nitrogens with one attached hydrogen (secondary N) is 2. The lowest BCUT2D eigenvalue weighted by Gasteiger charge is -2.30. The van der Waals surface area contributed by atoms with Gasteiger partial charge in [-0.1, -0.05) is 18.2 Å². The Morgan fingerprint density at radius 1 is 1.00 bits per heavy atom. The first kappa shape index (κ1) is 21.9. The maximum atomic E-state index is 6.09. The van der Waals surface area contributed by atoms with Crippen LogP contribution in [0.3, 0.4) is 0 Å². The van der Waals surface area contributed by atoms with Crippen molar-refractivity contribution in [2.75, 3.05) is 54.8 Å². The smallest absolute Gasteiger partial charge is 0.225 e.